The summed E-state index contributed by atoms with van der Waals surface area (Å²) in [7, 11) is -3.65. The van der Waals surface area contributed by atoms with E-state index >= 15 is 0 Å². The molecule has 0 aliphatic carbocycles. The number of sulfonamides is 1. The number of halogens is 3. The van der Waals surface area contributed by atoms with Gasteiger partial charge >= 0.3 is 0 Å². The van der Waals surface area contributed by atoms with Crippen molar-refractivity contribution in [3.05, 3.63) is 64.4 Å². The summed E-state index contributed by atoms with van der Waals surface area (Å²) >= 11 is 3.30. The van der Waals surface area contributed by atoms with Crippen LogP contribution in [0.3, 0.4) is 0 Å². The first-order valence-corrected chi connectivity index (χ1v) is 9.45. The van der Waals surface area contributed by atoms with Gasteiger partial charge < -0.3 is 5.32 Å². The van der Waals surface area contributed by atoms with Crippen LogP contribution in [0.15, 0.2) is 57.9 Å². The van der Waals surface area contributed by atoms with Gasteiger partial charge in [0.1, 0.15) is 5.82 Å². The fraction of sp³-hybridized carbons (Fsp3) is 0.250. The molecule has 0 spiro atoms. The van der Waals surface area contributed by atoms with Crippen LogP contribution in [0.1, 0.15) is 11.6 Å². The Kier molecular flexibility index (Phi) is 6.39. The van der Waals surface area contributed by atoms with Crippen molar-refractivity contribution < 1.29 is 12.8 Å². The van der Waals surface area contributed by atoms with E-state index in [0.29, 0.717) is 29.7 Å². The van der Waals surface area contributed by atoms with Gasteiger partial charge in [-0.25, -0.2) is 12.8 Å². The predicted molar refractivity (Wildman–Crippen MR) is 97.3 cm³/mol. The molecule has 4 nitrogen and oxygen atoms in total. The Morgan fingerprint density at radius 3 is 2.62 bits per heavy atom. The Bertz CT molecular complexity index is 819. The van der Waals surface area contributed by atoms with Crippen LogP contribution in [0, 0.1) is 5.82 Å². The standard InChI is InChI=1S/C16H16BrFN2O2S.ClH/c17-13-4-2-6-15(10-13)23(21,22)20-8-7-19-11-16(20)12-3-1-5-14(18)9-12;/h1-6,9-10,16,19H,7-8,11H2;1H. The van der Waals surface area contributed by atoms with Crippen LogP contribution in [0.4, 0.5) is 4.39 Å². The topological polar surface area (TPSA) is 49.4 Å². The lowest BCUT2D eigenvalue weighted by Gasteiger charge is -2.35. The molecule has 130 valence electrons. The molecule has 1 aliphatic heterocycles. The molecule has 0 bridgehead atoms. The minimum absolute atomic E-state index is 0. The molecule has 1 saturated heterocycles. The van der Waals surface area contributed by atoms with Gasteiger partial charge in [-0.2, -0.15) is 4.31 Å². The van der Waals surface area contributed by atoms with Gasteiger partial charge in [0.2, 0.25) is 10.0 Å². The predicted octanol–water partition coefficient (Wildman–Crippen LogP) is 3.35. The molecule has 1 unspecified atom stereocenters. The summed E-state index contributed by atoms with van der Waals surface area (Å²) in [6.07, 6.45) is 0. The van der Waals surface area contributed by atoms with Gasteiger partial charge in [-0.1, -0.05) is 34.1 Å². The molecule has 2 aromatic carbocycles. The van der Waals surface area contributed by atoms with E-state index in [1.165, 1.54) is 16.4 Å². The number of rotatable bonds is 3. The molecule has 24 heavy (non-hydrogen) atoms. The van der Waals surface area contributed by atoms with Crippen LogP contribution in [0.25, 0.3) is 0 Å². The third-order valence-electron chi connectivity index (χ3n) is 3.83. The number of benzene rings is 2. The van der Waals surface area contributed by atoms with Crippen molar-refractivity contribution in [1.29, 1.82) is 0 Å². The zero-order valence-electron chi connectivity index (χ0n) is 12.7. The highest BCUT2D eigenvalue weighted by Crippen LogP contribution is 2.30. The van der Waals surface area contributed by atoms with Gasteiger partial charge in [0, 0.05) is 24.1 Å². The highest BCUT2D eigenvalue weighted by Gasteiger charge is 2.34. The molecule has 0 amide bonds. The molecule has 8 heteroatoms. The van der Waals surface area contributed by atoms with Gasteiger partial charge in [0.05, 0.1) is 10.9 Å². The second kappa shape index (κ2) is 7.93. The van der Waals surface area contributed by atoms with Crippen LogP contribution < -0.4 is 5.32 Å². The first-order chi connectivity index (χ1) is 11.0. The lowest BCUT2D eigenvalue weighted by Crippen LogP contribution is -2.48. The minimum Gasteiger partial charge on any atom is -0.313 e. The summed E-state index contributed by atoms with van der Waals surface area (Å²) in [5, 5.41) is 3.18. The fourth-order valence-electron chi connectivity index (χ4n) is 2.73. The van der Waals surface area contributed by atoms with Crippen molar-refractivity contribution in [2.24, 2.45) is 0 Å². The largest absolute Gasteiger partial charge is 0.313 e. The van der Waals surface area contributed by atoms with E-state index in [1.807, 2.05) is 0 Å². The maximum Gasteiger partial charge on any atom is 0.243 e. The molecule has 1 heterocycles. The second-order valence-electron chi connectivity index (χ2n) is 5.35. The molecule has 3 rings (SSSR count). The Labute approximate surface area is 155 Å². The first kappa shape index (κ1) is 19.3. The Morgan fingerprint density at radius 1 is 1.17 bits per heavy atom. The summed E-state index contributed by atoms with van der Waals surface area (Å²) in [6, 6.07) is 12.3. The molecular weight excluding hydrogens is 419 g/mol. The quantitative estimate of drug-likeness (QED) is 0.804. The normalized spacial score (nSPS) is 18.8. The van der Waals surface area contributed by atoms with Crippen LogP contribution in [-0.4, -0.2) is 32.4 Å². The Balaban J connectivity index is 0.00000208. The molecule has 0 radical (unpaired) electrons. The van der Waals surface area contributed by atoms with Crippen molar-refractivity contribution in [2.75, 3.05) is 19.6 Å². The smallest absolute Gasteiger partial charge is 0.243 e. The summed E-state index contributed by atoms with van der Waals surface area (Å²) in [5.74, 6) is -0.368. The maximum atomic E-state index is 13.5. The molecule has 2 aromatic rings. The van der Waals surface area contributed by atoms with Crippen LogP contribution in [0.5, 0.6) is 0 Å². The van der Waals surface area contributed by atoms with Crippen molar-refractivity contribution in [2.45, 2.75) is 10.9 Å². The Hall–Kier alpha value is -0.990. The van der Waals surface area contributed by atoms with E-state index in [-0.39, 0.29) is 23.1 Å². The van der Waals surface area contributed by atoms with Gasteiger partial charge in [-0.05, 0) is 35.9 Å². The lowest BCUT2D eigenvalue weighted by atomic mass is 10.1. The van der Waals surface area contributed by atoms with E-state index in [4.69, 9.17) is 0 Å². The average molecular weight is 436 g/mol. The van der Waals surface area contributed by atoms with Gasteiger partial charge in [0.25, 0.3) is 0 Å². The summed E-state index contributed by atoms with van der Waals surface area (Å²) in [5.41, 5.74) is 0.649. The number of hydrogen-bond donors (Lipinski definition) is 1. The monoisotopic (exact) mass is 434 g/mol. The molecule has 0 aromatic heterocycles. The van der Waals surface area contributed by atoms with Crippen molar-refractivity contribution in [1.82, 2.24) is 9.62 Å². The van der Waals surface area contributed by atoms with E-state index in [0.717, 1.165) is 0 Å². The highest BCUT2D eigenvalue weighted by atomic mass is 79.9. The number of nitrogens with zero attached hydrogens (tertiary/aromatic N) is 1. The average Bonchev–Trinajstić information content (AvgIpc) is 2.55. The van der Waals surface area contributed by atoms with E-state index in [9.17, 15) is 12.8 Å². The molecule has 1 aliphatic rings. The summed E-state index contributed by atoms with van der Waals surface area (Å²) in [4.78, 5) is 0.232. The first-order valence-electron chi connectivity index (χ1n) is 7.22. The Morgan fingerprint density at radius 2 is 1.92 bits per heavy atom. The van der Waals surface area contributed by atoms with E-state index < -0.39 is 16.1 Å². The third-order valence-corrected chi connectivity index (χ3v) is 6.23. The minimum atomic E-state index is -3.65. The zero-order valence-corrected chi connectivity index (χ0v) is 15.9. The SMILES string of the molecule is Cl.O=S(=O)(c1cccc(Br)c1)N1CCNCC1c1cccc(F)c1. The second-order valence-corrected chi connectivity index (χ2v) is 8.15. The number of piperazine rings is 1. The molecule has 1 N–H and O–H groups in total. The van der Waals surface area contributed by atoms with Gasteiger partial charge in [-0.15, -0.1) is 12.4 Å². The van der Waals surface area contributed by atoms with Crippen LogP contribution in [0.2, 0.25) is 0 Å². The number of hydrogen-bond acceptors (Lipinski definition) is 3. The van der Waals surface area contributed by atoms with E-state index in [2.05, 4.69) is 21.2 Å². The maximum absolute atomic E-state index is 13.5. The number of nitrogens with one attached hydrogen (secondary N) is 1. The van der Waals surface area contributed by atoms with Crippen molar-refractivity contribution in [3.8, 4) is 0 Å². The molecule has 0 saturated carbocycles. The molecule has 1 atom stereocenters. The zero-order chi connectivity index (χ0) is 16.4. The third kappa shape index (κ3) is 3.97. The van der Waals surface area contributed by atoms with Gasteiger partial charge in [0.15, 0.2) is 0 Å². The lowest BCUT2D eigenvalue weighted by molar-refractivity contribution is 0.271. The van der Waals surface area contributed by atoms with Gasteiger partial charge in [-0.3, -0.25) is 0 Å². The fourth-order valence-corrected chi connectivity index (χ4v) is 4.95. The molecular formula is C16H17BrClFN2O2S. The summed E-state index contributed by atoms with van der Waals surface area (Å²) in [6.45, 7) is 1.37. The van der Waals surface area contributed by atoms with E-state index in [1.54, 1.807) is 36.4 Å². The molecule has 1 fully saturated rings. The summed E-state index contributed by atoms with van der Waals surface area (Å²) < 4.78 is 41.7. The van der Waals surface area contributed by atoms with Crippen molar-refractivity contribution in [3.63, 3.8) is 0 Å². The van der Waals surface area contributed by atoms with Crippen molar-refractivity contribution >= 4 is 38.4 Å². The van der Waals surface area contributed by atoms with Crippen LogP contribution in [-0.2, 0) is 10.0 Å². The van der Waals surface area contributed by atoms with Crippen LogP contribution >= 0.6 is 28.3 Å². The highest BCUT2D eigenvalue weighted by molar-refractivity contribution is 9.10.